The molecule has 0 radical (unpaired) electrons. The minimum absolute atomic E-state index is 0.140. The predicted octanol–water partition coefficient (Wildman–Crippen LogP) is 2.47. The SMILES string of the molecule is Cc1ccc(C=O)cc1C#CCN=[N+]=[N-]. The third kappa shape index (κ3) is 3.18. The number of hydrogen-bond acceptors (Lipinski definition) is 2. The van der Waals surface area contributed by atoms with Crippen molar-refractivity contribution in [1.29, 1.82) is 0 Å². The second-order valence-corrected chi connectivity index (χ2v) is 2.88. The van der Waals surface area contributed by atoms with Gasteiger partial charge in [0.1, 0.15) is 6.29 Å². The van der Waals surface area contributed by atoms with Crippen molar-refractivity contribution in [3.05, 3.63) is 45.3 Å². The smallest absolute Gasteiger partial charge is 0.150 e. The van der Waals surface area contributed by atoms with E-state index in [1.54, 1.807) is 12.1 Å². The van der Waals surface area contributed by atoms with Crippen LogP contribution in [0.15, 0.2) is 23.3 Å². The molecule has 74 valence electrons. The molecule has 4 nitrogen and oxygen atoms in total. The van der Waals surface area contributed by atoms with Crippen LogP contribution in [-0.2, 0) is 0 Å². The van der Waals surface area contributed by atoms with E-state index in [9.17, 15) is 4.79 Å². The van der Waals surface area contributed by atoms with Gasteiger partial charge in [0.25, 0.3) is 0 Å². The Morgan fingerprint density at radius 1 is 1.60 bits per heavy atom. The molecule has 0 N–H and O–H groups in total. The minimum Gasteiger partial charge on any atom is -0.298 e. The quantitative estimate of drug-likeness (QED) is 0.237. The summed E-state index contributed by atoms with van der Waals surface area (Å²) in [6.45, 7) is 2.05. The van der Waals surface area contributed by atoms with Gasteiger partial charge in [-0.25, -0.2) is 0 Å². The van der Waals surface area contributed by atoms with E-state index in [4.69, 9.17) is 5.53 Å². The maximum Gasteiger partial charge on any atom is 0.150 e. The molecule has 0 saturated carbocycles. The molecule has 0 heterocycles. The van der Waals surface area contributed by atoms with Gasteiger partial charge in [-0.15, -0.1) is 0 Å². The van der Waals surface area contributed by atoms with Crippen LogP contribution in [-0.4, -0.2) is 12.8 Å². The van der Waals surface area contributed by atoms with Gasteiger partial charge in [0.15, 0.2) is 0 Å². The molecule has 15 heavy (non-hydrogen) atoms. The number of rotatable bonds is 2. The second-order valence-electron chi connectivity index (χ2n) is 2.88. The molecule has 0 amide bonds. The van der Waals surface area contributed by atoms with Gasteiger partial charge < -0.3 is 0 Å². The summed E-state index contributed by atoms with van der Waals surface area (Å²) in [5.41, 5.74) is 10.4. The summed E-state index contributed by atoms with van der Waals surface area (Å²) in [5, 5.41) is 3.30. The summed E-state index contributed by atoms with van der Waals surface area (Å²) in [4.78, 5) is 13.1. The number of nitrogens with zero attached hydrogens (tertiary/aromatic N) is 3. The molecule has 0 fully saturated rings. The third-order valence-corrected chi connectivity index (χ3v) is 1.83. The summed E-state index contributed by atoms with van der Waals surface area (Å²) in [6.07, 6.45) is 0.776. The molecule has 0 bridgehead atoms. The molecule has 0 atom stereocenters. The van der Waals surface area contributed by atoms with Crippen LogP contribution in [0.5, 0.6) is 0 Å². The lowest BCUT2D eigenvalue weighted by Gasteiger charge is -1.97. The van der Waals surface area contributed by atoms with Crippen LogP contribution in [0.2, 0.25) is 0 Å². The summed E-state index contributed by atoms with van der Waals surface area (Å²) in [6, 6.07) is 5.29. The van der Waals surface area contributed by atoms with E-state index in [2.05, 4.69) is 21.9 Å². The highest BCUT2D eigenvalue weighted by Crippen LogP contribution is 2.08. The molecule has 0 aliphatic heterocycles. The Hall–Kier alpha value is -2.24. The molecule has 0 spiro atoms. The Balaban J connectivity index is 2.95. The number of aryl methyl sites for hydroxylation is 1. The van der Waals surface area contributed by atoms with E-state index >= 15 is 0 Å². The van der Waals surface area contributed by atoms with Crippen LogP contribution in [0.25, 0.3) is 10.4 Å². The summed E-state index contributed by atoms with van der Waals surface area (Å²) in [5.74, 6) is 5.56. The molecule has 0 saturated heterocycles. The van der Waals surface area contributed by atoms with Crippen molar-refractivity contribution in [3.8, 4) is 11.8 Å². The summed E-state index contributed by atoms with van der Waals surface area (Å²) < 4.78 is 0. The zero-order valence-electron chi connectivity index (χ0n) is 8.27. The minimum atomic E-state index is 0.140. The van der Waals surface area contributed by atoms with Gasteiger partial charge in [0, 0.05) is 16.0 Å². The lowest BCUT2D eigenvalue weighted by molar-refractivity contribution is 0.112. The van der Waals surface area contributed by atoms with Crippen molar-refractivity contribution in [2.24, 2.45) is 5.11 Å². The molecular formula is C11H9N3O. The number of azide groups is 1. The fraction of sp³-hybridized carbons (Fsp3) is 0.182. The van der Waals surface area contributed by atoms with Gasteiger partial charge in [-0.2, -0.15) is 0 Å². The van der Waals surface area contributed by atoms with Gasteiger partial charge in [-0.3, -0.25) is 4.79 Å². The monoisotopic (exact) mass is 199 g/mol. The molecule has 4 heteroatoms. The van der Waals surface area contributed by atoms with E-state index in [0.29, 0.717) is 5.56 Å². The Morgan fingerprint density at radius 2 is 2.40 bits per heavy atom. The van der Waals surface area contributed by atoms with Gasteiger partial charge in [-0.05, 0) is 24.1 Å². The highest BCUT2D eigenvalue weighted by atomic mass is 16.1. The molecule has 1 aromatic carbocycles. The van der Waals surface area contributed by atoms with Crippen LogP contribution < -0.4 is 0 Å². The van der Waals surface area contributed by atoms with Crippen molar-refractivity contribution in [2.45, 2.75) is 6.92 Å². The molecule has 0 unspecified atom stereocenters. The van der Waals surface area contributed by atoms with Crippen molar-refractivity contribution >= 4 is 6.29 Å². The average Bonchev–Trinajstić information content (AvgIpc) is 2.26. The summed E-state index contributed by atoms with van der Waals surface area (Å²) in [7, 11) is 0. The summed E-state index contributed by atoms with van der Waals surface area (Å²) >= 11 is 0. The highest BCUT2D eigenvalue weighted by Gasteiger charge is 1.95. The number of aldehydes is 1. The lowest BCUT2D eigenvalue weighted by atomic mass is 10.1. The van der Waals surface area contributed by atoms with Crippen LogP contribution in [0, 0.1) is 18.8 Å². The Labute approximate surface area is 87.6 Å². The highest BCUT2D eigenvalue weighted by molar-refractivity contribution is 5.75. The van der Waals surface area contributed by atoms with E-state index in [0.717, 1.165) is 17.4 Å². The first kappa shape index (κ1) is 10.8. The fourth-order valence-electron chi connectivity index (χ4n) is 1.05. The molecule has 1 rings (SSSR count). The lowest BCUT2D eigenvalue weighted by Crippen LogP contribution is -1.86. The van der Waals surface area contributed by atoms with Crippen LogP contribution >= 0.6 is 0 Å². The van der Waals surface area contributed by atoms with Crippen LogP contribution in [0.3, 0.4) is 0 Å². The first-order chi connectivity index (χ1) is 7.27. The molecule has 1 aromatic rings. The van der Waals surface area contributed by atoms with Gasteiger partial charge in [0.05, 0.1) is 6.54 Å². The van der Waals surface area contributed by atoms with Gasteiger partial charge in [-0.1, -0.05) is 29.1 Å². The fourth-order valence-corrected chi connectivity index (χ4v) is 1.05. The van der Waals surface area contributed by atoms with Crippen LogP contribution in [0.4, 0.5) is 0 Å². The van der Waals surface area contributed by atoms with Crippen molar-refractivity contribution in [3.63, 3.8) is 0 Å². The van der Waals surface area contributed by atoms with Crippen molar-refractivity contribution < 1.29 is 4.79 Å². The van der Waals surface area contributed by atoms with E-state index in [-0.39, 0.29) is 6.54 Å². The first-order valence-corrected chi connectivity index (χ1v) is 4.33. The maximum atomic E-state index is 10.5. The normalized spacial score (nSPS) is 8.33. The first-order valence-electron chi connectivity index (χ1n) is 4.33. The predicted molar refractivity (Wildman–Crippen MR) is 57.5 cm³/mol. The number of carbonyl (C=O) groups excluding carboxylic acids is 1. The Kier molecular flexibility index (Phi) is 3.96. The van der Waals surface area contributed by atoms with Gasteiger partial charge >= 0.3 is 0 Å². The van der Waals surface area contributed by atoms with Gasteiger partial charge in [0.2, 0.25) is 0 Å². The third-order valence-electron chi connectivity index (χ3n) is 1.83. The Morgan fingerprint density at radius 3 is 3.07 bits per heavy atom. The Bertz CT molecular complexity index is 476. The standard InChI is InChI=1S/C11H9N3O/c1-9-4-5-10(8-15)7-11(9)3-2-6-13-14-12/h4-5,7-8H,6H2,1H3. The maximum absolute atomic E-state index is 10.5. The number of carbonyl (C=O) groups is 1. The number of hydrogen-bond donors (Lipinski definition) is 0. The molecule has 0 aromatic heterocycles. The van der Waals surface area contributed by atoms with E-state index in [1.165, 1.54) is 0 Å². The van der Waals surface area contributed by atoms with E-state index < -0.39 is 0 Å². The van der Waals surface area contributed by atoms with Crippen molar-refractivity contribution in [1.82, 2.24) is 0 Å². The van der Waals surface area contributed by atoms with E-state index in [1.807, 2.05) is 13.0 Å². The average molecular weight is 199 g/mol. The second kappa shape index (κ2) is 5.48. The molecule has 0 aliphatic carbocycles. The topological polar surface area (TPSA) is 65.8 Å². The molecular weight excluding hydrogens is 190 g/mol. The molecule has 0 aliphatic rings. The number of benzene rings is 1. The zero-order valence-corrected chi connectivity index (χ0v) is 8.27. The van der Waals surface area contributed by atoms with Crippen LogP contribution in [0.1, 0.15) is 21.5 Å². The largest absolute Gasteiger partial charge is 0.298 e. The van der Waals surface area contributed by atoms with Crippen molar-refractivity contribution in [2.75, 3.05) is 6.54 Å². The zero-order chi connectivity index (χ0) is 11.1.